The molecule has 0 spiro atoms. The van der Waals surface area contributed by atoms with Crippen molar-refractivity contribution in [3.63, 3.8) is 0 Å². The van der Waals surface area contributed by atoms with E-state index in [4.69, 9.17) is 4.74 Å². The van der Waals surface area contributed by atoms with Crippen LogP contribution < -0.4 is 5.32 Å². The summed E-state index contributed by atoms with van der Waals surface area (Å²) in [5.41, 5.74) is 5.40. The molecule has 154 valence electrons. The average Bonchev–Trinajstić information content (AvgIpc) is 3.09. The molecule has 1 aliphatic carbocycles. The van der Waals surface area contributed by atoms with Crippen molar-refractivity contribution in [3.8, 4) is 11.1 Å². The second kappa shape index (κ2) is 9.09. The number of nitrogens with one attached hydrogen (secondary N) is 1. The molecule has 2 N–H and O–H groups in total. The zero-order valence-electron chi connectivity index (χ0n) is 16.6. The fourth-order valence-electron chi connectivity index (χ4n) is 3.99. The number of carbonyl (C=O) groups excluding carboxylic acids is 1. The van der Waals surface area contributed by atoms with E-state index in [1.165, 1.54) is 34.4 Å². The molecule has 4 rings (SSSR count). The first-order valence-corrected chi connectivity index (χ1v) is 10.2. The summed E-state index contributed by atoms with van der Waals surface area (Å²) in [6.07, 6.45) is -0.0964. The van der Waals surface area contributed by atoms with Gasteiger partial charge in [0.05, 0.1) is 6.10 Å². The third-order valence-electron chi connectivity index (χ3n) is 5.52. The molecule has 1 unspecified atom stereocenters. The van der Waals surface area contributed by atoms with Crippen LogP contribution in [0.1, 0.15) is 41.6 Å². The van der Waals surface area contributed by atoms with Gasteiger partial charge in [0.1, 0.15) is 12.4 Å². The van der Waals surface area contributed by atoms with Crippen LogP contribution in [0.2, 0.25) is 0 Å². The highest BCUT2D eigenvalue weighted by Gasteiger charge is 2.28. The summed E-state index contributed by atoms with van der Waals surface area (Å²) in [5, 5.41) is 12.9. The van der Waals surface area contributed by atoms with E-state index in [0.29, 0.717) is 24.9 Å². The second-order valence-electron chi connectivity index (χ2n) is 7.46. The van der Waals surface area contributed by atoms with Gasteiger partial charge in [-0.3, -0.25) is 0 Å². The number of aliphatic hydroxyl groups excluding tert-OH is 1. The van der Waals surface area contributed by atoms with Gasteiger partial charge in [-0.15, -0.1) is 0 Å². The summed E-state index contributed by atoms with van der Waals surface area (Å²) >= 11 is 0. The molecule has 0 bridgehead atoms. The van der Waals surface area contributed by atoms with Gasteiger partial charge in [-0.2, -0.15) is 0 Å². The normalized spacial score (nSPS) is 13.4. The first kappa shape index (κ1) is 20.1. The minimum Gasteiger partial charge on any atom is -0.449 e. The fraction of sp³-hybridized carbons (Fsp3) is 0.240. The Bertz CT molecular complexity index is 973. The lowest BCUT2D eigenvalue weighted by atomic mass is 9.98. The summed E-state index contributed by atoms with van der Waals surface area (Å²) in [4.78, 5) is 12.1. The van der Waals surface area contributed by atoms with Crippen LogP contribution >= 0.6 is 0 Å². The molecule has 3 aromatic rings. The Morgan fingerprint density at radius 1 is 0.967 bits per heavy atom. The fourth-order valence-corrected chi connectivity index (χ4v) is 3.99. The molecule has 5 heteroatoms. The molecule has 0 aromatic heterocycles. The van der Waals surface area contributed by atoms with E-state index in [1.807, 2.05) is 24.3 Å². The first-order valence-electron chi connectivity index (χ1n) is 10.2. The maximum Gasteiger partial charge on any atom is 0.407 e. The Morgan fingerprint density at radius 3 is 2.20 bits per heavy atom. The van der Waals surface area contributed by atoms with Crippen molar-refractivity contribution in [3.05, 3.63) is 95.3 Å². The molecular weight excluding hydrogens is 381 g/mol. The van der Waals surface area contributed by atoms with E-state index < -0.39 is 12.2 Å². The van der Waals surface area contributed by atoms with Crippen LogP contribution in [0.4, 0.5) is 9.18 Å². The van der Waals surface area contributed by atoms with Crippen molar-refractivity contribution >= 4 is 6.09 Å². The van der Waals surface area contributed by atoms with E-state index in [9.17, 15) is 14.3 Å². The van der Waals surface area contributed by atoms with Crippen LogP contribution in [-0.4, -0.2) is 24.4 Å². The third-order valence-corrected chi connectivity index (χ3v) is 5.52. The quantitative estimate of drug-likeness (QED) is 0.533. The Morgan fingerprint density at radius 2 is 1.57 bits per heavy atom. The molecule has 3 aromatic carbocycles. The number of halogens is 1. The van der Waals surface area contributed by atoms with Crippen molar-refractivity contribution in [1.29, 1.82) is 0 Å². The molecule has 0 aliphatic heterocycles. The Kier molecular flexibility index (Phi) is 6.10. The van der Waals surface area contributed by atoms with Crippen LogP contribution in [-0.2, 0) is 4.74 Å². The van der Waals surface area contributed by atoms with Gasteiger partial charge in [-0.05, 0) is 52.8 Å². The molecular formula is C25H24FNO3. The Labute approximate surface area is 175 Å². The standard InChI is InChI=1S/C25H24FNO3/c26-18-13-11-17(12-14-18)24(28)10-5-15-27-25(29)30-16-23-21-8-3-1-6-19(21)20-7-2-4-9-22(20)23/h1-4,6-9,11-14,23-24,28H,5,10,15-16H2,(H,27,29). The summed E-state index contributed by atoms with van der Waals surface area (Å²) in [6, 6.07) is 22.2. The lowest BCUT2D eigenvalue weighted by Gasteiger charge is -2.15. The highest BCUT2D eigenvalue weighted by molar-refractivity contribution is 5.79. The number of aliphatic hydroxyl groups is 1. The van der Waals surface area contributed by atoms with Crippen LogP contribution in [0.5, 0.6) is 0 Å². The highest BCUT2D eigenvalue weighted by Crippen LogP contribution is 2.44. The highest BCUT2D eigenvalue weighted by atomic mass is 19.1. The molecule has 0 fully saturated rings. The van der Waals surface area contributed by atoms with Crippen molar-refractivity contribution in [2.75, 3.05) is 13.2 Å². The number of amides is 1. The van der Waals surface area contributed by atoms with E-state index >= 15 is 0 Å². The van der Waals surface area contributed by atoms with Gasteiger partial charge in [-0.1, -0.05) is 60.7 Å². The van der Waals surface area contributed by atoms with Gasteiger partial charge in [0.25, 0.3) is 0 Å². The number of alkyl carbamates (subject to hydrolysis) is 1. The van der Waals surface area contributed by atoms with Gasteiger partial charge in [-0.25, -0.2) is 9.18 Å². The van der Waals surface area contributed by atoms with E-state index in [0.717, 1.165) is 0 Å². The number of rotatable bonds is 7. The Hall–Kier alpha value is -3.18. The lowest BCUT2D eigenvalue weighted by Crippen LogP contribution is -2.27. The average molecular weight is 405 g/mol. The molecule has 1 amide bonds. The van der Waals surface area contributed by atoms with Crippen LogP contribution in [0.15, 0.2) is 72.8 Å². The van der Waals surface area contributed by atoms with Crippen LogP contribution in [0.25, 0.3) is 11.1 Å². The van der Waals surface area contributed by atoms with E-state index in [1.54, 1.807) is 12.1 Å². The molecule has 30 heavy (non-hydrogen) atoms. The lowest BCUT2D eigenvalue weighted by molar-refractivity contribution is 0.140. The largest absolute Gasteiger partial charge is 0.449 e. The minimum atomic E-state index is -0.685. The zero-order valence-corrected chi connectivity index (χ0v) is 16.6. The SMILES string of the molecule is O=C(NCCCC(O)c1ccc(F)cc1)OCC1c2ccccc2-c2ccccc21. The van der Waals surface area contributed by atoms with Gasteiger partial charge < -0.3 is 15.2 Å². The summed E-state index contributed by atoms with van der Waals surface area (Å²) in [6.45, 7) is 0.674. The third kappa shape index (κ3) is 4.36. The zero-order chi connectivity index (χ0) is 20.9. The van der Waals surface area contributed by atoms with E-state index in [-0.39, 0.29) is 18.3 Å². The summed E-state index contributed by atoms with van der Waals surface area (Å²) in [5.74, 6) is -0.300. The van der Waals surface area contributed by atoms with Crippen molar-refractivity contribution in [2.45, 2.75) is 24.9 Å². The topological polar surface area (TPSA) is 58.6 Å². The number of ether oxygens (including phenoxy) is 1. The van der Waals surface area contributed by atoms with Crippen molar-refractivity contribution in [1.82, 2.24) is 5.32 Å². The predicted octanol–water partition coefficient (Wildman–Crippen LogP) is 5.18. The maximum absolute atomic E-state index is 13.0. The van der Waals surface area contributed by atoms with Gasteiger partial charge >= 0.3 is 6.09 Å². The second-order valence-corrected chi connectivity index (χ2v) is 7.46. The van der Waals surface area contributed by atoms with Crippen molar-refractivity contribution in [2.24, 2.45) is 0 Å². The number of benzene rings is 3. The molecule has 1 aliphatic rings. The monoisotopic (exact) mass is 405 g/mol. The van der Waals surface area contributed by atoms with Gasteiger partial charge in [0, 0.05) is 12.5 Å². The van der Waals surface area contributed by atoms with Crippen LogP contribution in [0.3, 0.4) is 0 Å². The summed E-state index contributed by atoms with van der Waals surface area (Å²) in [7, 11) is 0. The van der Waals surface area contributed by atoms with Crippen LogP contribution in [0, 0.1) is 5.82 Å². The molecule has 0 saturated heterocycles. The summed E-state index contributed by atoms with van der Waals surface area (Å²) < 4.78 is 18.4. The molecule has 1 atom stereocenters. The Balaban J connectivity index is 1.25. The van der Waals surface area contributed by atoms with Gasteiger partial charge in [0.2, 0.25) is 0 Å². The molecule has 0 heterocycles. The molecule has 4 nitrogen and oxygen atoms in total. The smallest absolute Gasteiger partial charge is 0.407 e. The minimum absolute atomic E-state index is 0.0310. The van der Waals surface area contributed by atoms with E-state index in [2.05, 4.69) is 29.6 Å². The maximum atomic E-state index is 13.0. The predicted molar refractivity (Wildman–Crippen MR) is 114 cm³/mol. The number of hydrogen-bond donors (Lipinski definition) is 2. The number of carbonyl (C=O) groups is 1. The number of hydrogen-bond acceptors (Lipinski definition) is 3. The molecule has 0 saturated carbocycles. The van der Waals surface area contributed by atoms with Gasteiger partial charge in [0.15, 0.2) is 0 Å². The first-order chi connectivity index (χ1) is 14.6. The number of fused-ring (bicyclic) bond motifs is 3. The molecule has 0 radical (unpaired) electrons. The van der Waals surface area contributed by atoms with Crippen molar-refractivity contribution < 1.29 is 19.0 Å².